The minimum absolute atomic E-state index is 0.528. The van der Waals surface area contributed by atoms with Gasteiger partial charge in [-0.25, -0.2) is 15.0 Å². The molecule has 4 aromatic rings. The zero-order valence-corrected chi connectivity index (χ0v) is 16.6. The van der Waals surface area contributed by atoms with Crippen LogP contribution in [0.25, 0.3) is 21.8 Å². The third kappa shape index (κ3) is 3.25. The number of nitrogens with zero attached hydrogens (tertiary/aromatic N) is 6. The molecule has 0 amide bonds. The van der Waals surface area contributed by atoms with Gasteiger partial charge in [-0.15, -0.1) is 0 Å². The molecule has 0 spiro atoms. The lowest BCUT2D eigenvalue weighted by Crippen LogP contribution is -2.36. The molecule has 3 aromatic heterocycles. The van der Waals surface area contributed by atoms with Crippen LogP contribution in [0.4, 0.5) is 17.5 Å². The Labute approximate surface area is 168 Å². The van der Waals surface area contributed by atoms with Crippen LogP contribution in [0.3, 0.4) is 0 Å². The van der Waals surface area contributed by atoms with Crippen molar-refractivity contribution < 1.29 is 4.74 Å². The van der Waals surface area contributed by atoms with Gasteiger partial charge in [-0.2, -0.15) is 5.10 Å². The SMILES string of the molecule is CCn1ncc2ccc3cnc(Nc4cc(C)c(N5CCOCC5)cn4)nc3c21. The first-order valence-electron chi connectivity index (χ1n) is 9.90. The number of benzene rings is 1. The molecule has 1 N–H and O–H groups in total. The zero-order valence-electron chi connectivity index (χ0n) is 16.6. The molecule has 1 saturated heterocycles. The average Bonchev–Trinajstić information content (AvgIpc) is 3.18. The van der Waals surface area contributed by atoms with Crippen molar-refractivity contribution in [3.63, 3.8) is 0 Å². The number of aromatic nitrogens is 5. The smallest absolute Gasteiger partial charge is 0.228 e. The van der Waals surface area contributed by atoms with Crippen LogP contribution in [0.2, 0.25) is 0 Å². The fraction of sp³-hybridized carbons (Fsp3) is 0.333. The lowest BCUT2D eigenvalue weighted by atomic mass is 10.2. The van der Waals surface area contributed by atoms with Gasteiger partial charge in [0.2, 0.25) is 5.95 Å². The van der Waals surface area contributed by atoms with Gasteiger partial charge in [-0.1, -0.05) is 12.1 Å². The van der Waals surface area contributed by atoms with E-state index in [1.165, 1.54) is 0 Å². The Kier molecular flexibility index (Phi) is 4.48. The summed E-state index contributed by atoms with van der Waals surface area (Å²) in [6.45, 7) is 8.27. The van der Waals surface area contributed by atoms with Gasteiger partial charge in [0.25, 0.3) is 0 Å². The summed E-state index contributed by atoms with van der Waals surface area (Å²) in [5.74, 6) is 1.26. The molecule has 0 saturated carbocycles. The van der Waals surface area contributed by atoms with Crippen LogP contribution in [-0.4, -0.2) is 51.0 Å². The number of pyridine rings is 1. The van der Waals surface area contributed by atoms with Crippen LogP contribution in [0.5, 0.6) is 0 Å². The largest absolute Gasteiger partial charge is 0.378 e. The number of aryl methyl sites for hydroxylation is 2. The highest BCUT2D eigenvalue weighted by Crippen LogP contribution is 2.26. The van der Waals surface area contributed by atoms with Crippen molar-refractivity contribution in [2.45, 2.75) is 20.4 Å². The van der Waals surface area contributed by atoms with Crippen LogP contribution in [-0.2, 0) is 11.3 Å². The first-order chi connectivity index (χ1) is 14.2. The summed E-state index contributed by atoms with van der Waals surface area (Å²) >= 11 is 0. The van der Waals surface area contributed by atoms with E-state index in [-0.39, 0.29) is 0 Å². The van der Waals surface area contributed by atoms with Gasteiger partial charge in [0.1, 0.15) is 11.3 Å². The Morgan fingerprint density at radius 3 is 2.69 bits per heavy atom. The maximum Gasteiger partial charge on any atom is 0.228 e. The number of nitrogens with one attached hydrogen (secondary N) is 1. The van der Waals surface area contributed by atoms with Crippen molar-refractivity contribution in [3.8, 4) is 0 Å². The van der Waals surface area contributed by atoms with Crippen molar-refractivity contribution in [3.05, 3.63) is 42.4 Å². The predicted molar refractivity (Wildman–Crippen MR) is 114 cm³/mol. The van der Waals surface area contributed by atoms with Gasteiger partial charge in [0.15, 0.2) is 0 Å². The predicted octanol–water partition coefficient (Wildman–Crippen LogP) is 3.28. The third-order valence-corrected chi connectivity index (χ3v) is 5.33. The highest BCUT2D eigenvalue weighted by atomic mass is 16.5. The maximum absolute atomic E-state index is 5.44. The van der Waals surface area contributed by atoms with Gasteiger partial charge in [0, 0.05) is 36.6 Å². The van der Waals surface area contributed by atoms with Crippen molar-refractivity contribution >= 4 is 39.3 Å². The van der Waals surface area contributed by atoms with Crippen LogP contribution in [0, 0.1) is 6.92 Å². The molecule has 1 aliphatic heterocycles. The Morgan fingerprint density at radius 1 is 1.07 bits per heavy atom. The molecular weight excluding hydrogens is 366 g/mol. The molecule has 0 radical (unpaired) electrons. The molecule has 1 aromatic carbocycles. The fourth-order valence-electron chi connectivity index (χ4n) is 3.83. The maximum atomic E-state index is 5.44. The number of anilines is 3. The van der Waals surface area contributed by atoms with Crippen molar-refractivity contribution in [1.82, 2.24) is 24.7 Å². The van der Waals surface area contributed by atoms with E-state index in [4.69, 9.17) is 9.72 Å². The Hall–Kier alpha value is -3.26. The van der Waals surface area contributed by atoms with Crippen molar-refractivity contribution in [1.29, 1.82) is 0 Å². The highest BCUT2D eigenvalue weighted by Gasteiger charge is 2.15. The van der Waals surface area contributed by atoms with Gasteiger partial charge in [0.05, 0.1) is 36.8 Å². The summed E-state index contributed by atoms with van der Waals surface area (Å²) < 4.78 is 7.41. The Morgan fingerprint density at radius 2 is 1.90 bits per heavy atom. The molecule has 0 aliphatic carbocycles. The number of ether oxygens (including phenoxy) is 1. The summed E-state index contributed by atoms with van der Waals surface area (Å²) in [4.78, 5) is 16.1. The van der Waals surface area contributed by atoms with Crippen molar-refractivity contribution in [2.24, 2.45) is 0 Å². The number of hydrogen-bond acceptors (Lipinski definition) is 7. The zero-order chi connectivity index (χ0) is 19.8. The van der Waals surface area contributed by atoms with Crippen LogP contribution >= 0.6 is 0 Å². The minimum atomic E-state index is 0.528. The monoisotopic (exact) mass is 389 g/mol. The minimum Gasteiger partial charge on any atom is -0.378 e. The first-order valence-corrected chi connectivity index (χ1v) is 9.90. The van der Waals surface area contributed by atoms with E-state index in [0.717, 1.165) is 71.7 Å². The average molecular weight is 389 g/mol. The standard InChI is InChI=1S/C21H23N7O/c1-3-28-20-16(12-24-28)5-4-15-11-23-21(26-19(15)20)25-18-10-14(2)17(13-22-18)27-6-8-29-9-7-27/h4-5,10-13H,3,6-9H2,1-2H3,(H,22,23,25,26). The number of fused-ring (bicyclic) bond motifs is 3. The summed E-state index contributed by atoms with van der Waals surface area (Å²) in [6, 6.07) is 6.13. The summed E-state index contributed by atoms with van der Waals surface area (Å²) in [5.41, 5.74) is 4.23. The molecular formula is C21H23N7O. The van der Waals surface area contributed by atoms with Gasteiger partial charge in [-0.3, -0.25) is 4.68 Å². The Bertz CT molecular complexity index is 1180. The van der Waals surface area contributed by atoms with Crippen LogP contribution in [0.1, 0.15) is 12.5 Å². The molecule has 29 heavy (non-hydrogen) atoms. The number of morpholine rings is 1. The lowest BCUT2D eigenvalue weighted by molar-refractivity contribution is 0.122. The van der Waals surface area contributed by atoms with E-state index in [1.807, 2.05) is 35.4 Å². The van der Waals surface area contributed by atoms with E-state index in [1.54, 1.807) is 0 Å². The second kappa shape index (κ2) is 7.29. The Balaban J connectivity index is 1.47. The summed E-state index contributed by atoms with van der Waals surface area (Å²) in [6.07, 6.45) is 5.63. The molecule has 4 heterocycles. The van der Waals surface area contributed by atoms with E-state index >= 15 is 0 Å². The fourth-order valence-corrected chi connectivity index (χ4v) is 3.83. The molecule has 148 valence electrons. The molecule has 0 atom stereocenters. The molecule has 1 aliphatic rings. The van der Waals surface area contributed by atoms with Gasteiger partial charge >= 0.3 is 0 Å². The first kappa shape index (κ1) is 17.8. The normalized spacial score (nSPS) is 14.6. The molecule has 0 bridgehead atoms. The third-order valence-electron chi connectivity index (χ3n) is 5.33. The topological polar surface area (TPSA) is 81.0 Å². The second-order valence-electron chi connectivity index (χ2n) is 7.18. The summed E-state index contributed by atoms with van der Waals surface area (Å²) in [5, 5.41) is 9.78. The van der Waals surface area contributed by atoms with Crippen LogP contribution in [0.15, 0.2) is 36.8 Å². The van der Waals surface area contributed by atoms with Gasteiger partial charge < -0.3 is 15.0 Å². The molecule has 8 heteroatoms. The highest BCUT2D eigenvalue weighted by molar-refractivity contribution is 6.03. The quantitative estimate of drug-likeness (QED) is 0.574. The van der Waals surface area contributed by atoms with E-state index in [2.05, 4.69) is 45.2 Å². The van der Waals surface area contributed by atoms with Crippen LogP contribution < -0.4 is 10.2 Å². The van der Waals surface area contributed by atoms with E-state index < -0.39 is 0 Å². The molecule has 1 fully saturated rings. The number of rotatable bonds is 4. The molecule has 8 nitrogen and oxygen atoms in total. The van der Waals surface area contributed by atoms with E-state index in [0.29, 0.717) is 5.95 Å². The second-order valence-corrected chi connectivity index (χ2v) is 7.18. The van der Waals surface area contributed by atoms with Gasteiger partial charge in [-0.05, 0) is 25.5 Å². The van der Waals surface area contributed by atoms with Crippen molar-refractivity contribution in [2.75, 3.05) is 36.5 Å². The number of hydrogen-bond donors (Lipinski definition) is 1. The molecule has 0 unspecified atom stereocenters. The summed E-state index contributed by atoms with van der Waals surface area (Å²) in [7, 11) is 0. The molecule has 5 rings (SSSR count). The lowest BCUT2D eigenvalue weighted by Gasteiger charge is -2.29. The van der Waals surface area contributed by atoms with E-state index in [9.17, 15) is 0 Å².